The van der Waals surface area contributed by atoms with E-state index in [0.717, 1.165) is 10.9 Å². The van der Waals surface area contributed by atoms with Gasteiger partial charge >= 0.3 is 18.1 Å². The molecule has 1 fully saturated rings. The van der Waals surface area contributed by atoms with E-state index in [1.54, 1.807) is 0 Å². The number of imidazole rings is 1. The first-order valence-electron chi connectivity index (χ1n) is 10.7. The van der Waals surface area contributed by atoms with Crippen molar-refractivity contribution in [3.8, 4) is 0 Å². The third-order valence-electron chi connectivity index (χ3n) is 5.97. The zero-order valence-electron chi connectivity index (χ0n) is 19.1. The number of benzene rings is 1. The number of fused-ring (bicyclic) bond motifs is 1. The number of hydrogen-bond acceptors (Lipinski definition) is 9. The second-order valence-electron chi connectivity index (χ2n) is 8.44. The Kier molecular flexibility index (Phi) is 7.37. The third kappa shape index (κ3) is 5.17. The molecule has 4 rings (SSSR count). The van der Waals surface area contributed by atoms with E-state index in [0.29, 0.717) is 18.2 Å². The number of aliphatic carboxylic acids is 2. The Morgan fingerprint density at radius 1 is 1.21 bits per heavy atom. The maximum absolute atomic E-state index is 15.0. The van der Waals surface area contributed by atoms with Crippen molar-refractivity contribution in [3.63, 3.8) is 0 Å². The van der Waals surface area contributed by atoms with E-state index >= 15 is 4.39 Å². The maximum Gasteiger partial charge on any atom is 0.419 e. The number of hydrogen-bond donors (Lipinski definition) is 4. The van der Waals surface area contributed by atoms with Crippen LogP contribution >= 0.6 is 11.6 Å². The molecule has 3 heterocycles. The molecule has 0 unspecified atom stereocenters. The molecule has 12 nitrogen and oxygen atoms in total. The number of aliphatic hydroxyl groups excluding tert-OH is 1. The third-order valence-corrected chi connectivity index (χ3v) is 6.14. The molecular weight excluding hydrogens is 565 g/mol. The lowest BCUT2D eigenvalue weighted by Crippen LogP contribution is -2.52. The van der Waals surface area contributed by atoms with Crippen LogP contribution in [0.5, 0.6) is 0 Å². The summed E-state index contributed by atoms with van der Waals surface area (Å²) in [5.41, 5.74) is 0.395. The minimum Gasteiger partial charge on any atom is -0.479 e. The summed E-state index contributed by atoms with van der Waals surface area (Å²) in [6.07, 6.45) is -12.5. The van der Waals surface area contributed by atoms with Crippen LogP contribution in [-0.4, -0.2) is 77.4 Å². The Labute approximate surface area is 218 Å². The lowest BCUT2D eigenvalue weighted by molar-refractivity contribution is -0.190. The van der Waals surface area contributed by atoms with Crippen molar-refractivity contribution >= 4 is 40.5 Å². The average Bonchev–Trinajstić information content (AvgIpc) is 3.36. The van der Waals surface area contributed by atoms with E-state index < -0.39 is 78.3 Å². The van der Waals surface area contributed by atoms with E-state index in [9.17, 15) is 42.5 Å². The SMILES string of the molecule is Nc1nc(Cl)nc2c1ncn2[C@@H]1O[C@H](COC(Cc2ccc(C(F)(F)F)c(F)c2)(C(=O)O)C(=O)O)[C@@H](O)[C@@H]1F. The summed E-state index contributed by atoms with van der Waals surface area (Å²) in [5, 5.41) is 29.4. The molecule has 210 valence electrons. The summed E-state index contributed by atoms with van der Waals surface area (Å²) in [5.74, 6) is -6.10. The molecule has 1 aliphatic heterocycles. The Morgan fingerprint density at radius 2 is 1.87 bits per heavy atom. The van der Waals surface area contributed by atoms with Crippen LogP contribution < -0.4 is 5.73 Å². The summed E-state index contributed by atoms with van der Waals surface area (Å²) in [6, 6.07) is 1.33. The molecule has 2 aromatic heterocycles. The number of ether oxygens (including phenoxy) is 2. The number of halogens is 6. The first kappa shape index (κ1) is 28.3. The number of rotatable bonds is 8. The fourth-order valence-corrected chi connectivity index (χ4v) is 4.16. The molecule has 0 bridgehead atoms. The summed E-state index contributed by atoms with van der Waals surface area (Å²) in [4.78, 5) is 35.5. The van der Waals surface area contributed by atoms with Crippen LogP contribution in [0.1, 0.15) is 17.4 Å². The molecule has 39 heavy (non-hydrogen) atoms. The highest BCUT2D eigenvalue weighted by Gasteiger charge is 2.52. The van der Waals surface area contributed by atoms with Gasteiger partial charge in [0.25, 0.3) is 5.60 Å². The largest absolute Gasteiger partial charge is 0.479 e. The lowest BCUT2D eigenvalue weighted by Gasteiger charge is -2.27. The quantitative estimate of drug-likeness (QED) is 0.173. The number of alkyl halides is 4. The van der Waals surface area contributed by atoms with E-state index in [4.69, 9.17) is 26.8 Å². The lowest BCUT2D eigenvalue weighted by atomic mass is 9.93. The van der Waals surface area contributed by atoms with Crippen molar-refractivity contribution in [2.75, 3.05) is 12.3 Å². The number of carboxylic acids is 2. The van der Waals surface area contributed by atoms with Gasteiger partial charge in [-0.25, -0.2) is 23.4 Å². The van der Waals surface area contributed by atoms with Gasteiger partial charge in [-0.1, -0.05) is 6.07 Å². The van der Waals surface area contributed by atoms with Crippen molar-refractivity contribution in [2.45, 2.75) is 42.8 Å². The Hall–Kier alpha value is -3.67. The molecule has 18 heteroatoms. The van der Waals surface area contributed by atoms with Gasteiger partial charge in [0.15, 0.2) is 23.9 Å². The highest BCUT2D eigenvalue weighted by atomic mass is 35.5. The second-order valence-corrected chi connectivity index (χ2v) is 8.78. The fraction of sp³-hybridized carbons (Fsp3) is 0.381. The molecule has 0 saturated carbocycles. The molecule has 1 aromatic carbocycles. The van der Waals surface area contributed by atoms with Gasteiger partial charge in [-0.3, -0.25) is 4.57 Å². The molecule has 0 radical (unpaired) electrons. The van der Waals surface area contributed by atoms with Gasteiger partial charge in [0.2, 0.25) is 5.28 Å². The van der Waals surface area contributed by atoms with Gasteiger partial charge in [-0.2, -0.15) is 23.1 Å². The molecule has 3 aromatic rings. The van der Waals surface area contributed by atoms with E-state index in [1.807, 2.05) is 0 Å². The number of aliphatic hydroxyl groups is 1. The Bertz CT molecular complexity index is 1420. The summed E-state index contributed by atoms with van der Waals surface area (Å²) in [7, 11) is 0. The molecule has 4 atom stereocenters. The van der Waals surface area contributed by atoms with Gasteiger partial charge in [0.1, 0.15) is 23.5 Å². The standard InChI is InChI=1S/C21H17ClF5N5O7/c22-19-30-14(28)12-15(31-19)32(6-29-12)16-11(24)13(33)10(39-16)5-38-20(17(34)35,18(36)37)4-7-1-2-8(9(23)3-7)21(25,26)27/h1-3,6,10-11,13,16,33H,4-5H2,(H,34,35)(H,36,37)(H2,28,30,31)/t10-,11+,13-,16-/m1/s1. The highest BCUT2D eigenvalue weighted by Crippen LogP contribution is 2.36. The van der Waals surface area contributed by atoms with Crippen molar-refractivity contribution in [3.05, 3.63) is 46.8 Å². The second kappa shape index (κ2) is 10.1. The summed E-state index contributed by atoms with van der Waals surface area (Å²) < 4.78 is 79.2. The predicted octanol–water partition coefficient (Wildman–Crippen LogP) is 1.98. The van der Waals surface area contributed by atoms with E-state index in [-0.39, 0.29) is 22.3 Å². The van der Waals surface area contributed by atoms with Crippen LogP contribution in [-0.2, 0) is 31.7 Å². The molecular formula is C21H17ClF5N5O7. The highest BCUT2D eigenvalue weighted by molar-refractivity contribution is 6.28. The van der Waals surface area contributed by atoms with Crippen LogP contribution in [0.4, 0.5) is 27.8 Å². The van der Waals surface area contributed by atoms with Gasteiger partial charge in [-0.05, 0) is 29.3 Å². The molecule has 5 N–H and O–H groups in total. The molecule has 0 aliphatic carbocycles. The van der Waals surface area contributed by atoms with Gasteiger partial charge in [-0.15, -0.1) is 0 Å². The zero-order chi connectivity index (χ0) is 28.9. The maximum atomic E-state index is 15.0. The van der Waals surface area contributed by atoms with Crippen LogP contribution in [0.25, 0.3) is 11.2 Å². The number of carboxylic acid groups (broad SMARTS) is 2. The topological polar surface area (TPSA) is 183 Å². The molecule has 1 saturated heterocycles. The normalized spacial score (nSPS) is 21.9. The van der Waals surface area contributed by atoms with E-state index in [2.05, 4.69) is 15.0 Å². The van der Waals surface area contributed by atoms with Gasteiger partial charge < -0.3 is 30.5 Å². The van der Waals surface area contributed by atoms with Crippen LogP contribution in [0.15, 0.2) is 24.5 Å². The first-order chi connectivity index (χ1) is 18.2. The number of aromatic nitrogens is 4. The fourth-order valence-electron chi connectivity index (χ4n) is 3.99. The average molecular weight is 582 g/mol. The number of nitrogens with two attached hydrogens (primary N) is 1. The number of anilines is 1. The van der Waals surface area contributed by atoms with Crippen molar-refractivity contribution in [1.82, 2.24) is 19.5 Å². The van der Waals surface area contributed by atoms with Crippen molar-refractivity contribution in [2.24, 2.45) is 0 Å². The van der Waals surface area contributed by atoms with Crippen LogP contribution in [0, 0.1) is 5.82 Å². The zero-order valence-corrected chi connectivity index (χ0v) is 19.9. The molecule has 1 aliphatic rings. The predicted molar refractivity (Wildman–Crippen MR) is 119 cm³/mol. The van der Waals surface area contributed by atoms with Crippen molar-refractivity contribution < 1.29 is 56.3 Å². The summed E-state index contributed by atoms with van der Waals surface area (Å²) >= 11 is 5.78. The number of carbonyl (C=O) groups is 2. The first-order valence-corrected chi connectivity index (χ1v) is 11.1. The molecule has 0 spiro atoms. The van der Waals surface area contributed by atoms with Crippen molar-refractivity contribution in [1.29, 1.82) is 0 Å². The molecule has 0 amide bonds. The van der Waals surface area contributed by atoms with Gasteiger partial charge in [0.05, 0.1) is 18.5 Å². The minimum atomic E-state index is -5.05. The van der Waals surface area contributed by atoms with Gasteiger partial charge in [0, 0.05) is 6.42 Å². The summed E-state index contributed by atoms with van der Waals surface area (Å²) in [6.45, 7) is -1.01. The smallest absolute Gasteiger partial charge is 0.419 e. The monoisotopic (exact) mass is 581 g/mol. The van der Waals surface area contributed by atoms with Crippen LogP contribution in [0.3, 0.4) is 0 Å². The Morgan fingerprint density at radius 3 is 2.46 bits per heavy atom. The minimum absolute atomic E-state index is 0.0314. The number of nitrogens with zero attached hydrogens (tertiary/aromatic N) is 4. The number of nitrogen functional groups attached to an aromatic ring is 1. The van der Waals surface area contributed by atoms with E-state index in [1.165, 1.54) is 0 Å². The Balaban J connectivity index is 1.58. The van der Waals surface area contributed by atoms with Crippen LogP contribution in [0.2, 0.25) is 5.28 Å².